The number of carboxylic acids is 1. The maximum absolute atomic E-state index is 9.82. The Bertz CT molecular complexity index is 257. The lowest BCUT2D eigenvalue weighted by molar-refractivity contribution is -0.131. The van der Waals surface area contributed by atoms with Crippen LogP contribution in [-0.2, 0) is 4.79 Å². The summed E-state index contributed by atoms with van der Waals surface area (Å²) in [5.74, 6) is -0.941. The Balaban J connectivity index is 0. The molecule has 0 aromatic carbocycles. The zero-order chi connectivity index (χ0) is 10.5. The lowest BCUT2D eigenvalue weighted by atomic mass is 10.4. The summed E-state index contributed by atoms with van der Waals surface area (Å²) < 4.78 is 0. The molecule has 3 heteroatoms. The van der Waals surface area contributed by atoms with E-state index < -0.39 is 5.97 Å². The minimum atomic E-state index is -0.941. The molecule has 0 aliphatic carbocycles. The number of aliphatic carboxylic acids is 1. The molecule has 1 N–H and O–H groups in total. The maximum Gasteiger partial charge on any atom is 0.328 e. The molecule has 0 bridgehead atoms. The molecular formula is C10H11NO2. The largest absolute Gasteiger partial charge is 0.478 e. The molecule has 0 radical (unpaired) electrons. The Hall–Kier alpha value is -2.08. The van der Waals surface area contributed by atoms with E-state index in [9.17, 15) is 4.79 Å². The van der Waals surface area contributed by atoms with Crippen molar-refractivity contribution in [1.82, 2.24) is 0 Å². The molecule has 0 amide bonds. The Kier molecular flexibility index (Phi) is 13.1. The molecule has 0 saturated carbocycles. The first-order valence-electron chi connectivity index (χ1n) is 3.38. The molecule has 3 nitrogen and oxygen atoms in total. The predicted octanol–water partition coefficient (Wildman–Crippen LogP) is 2.07. The van der Waals surface area contributed by atoms with Gasteiger partial charge in [-0.1, -0.05) is 37.5 Å². The van der Waals surface area contributed by atoms with Crippen LogP contribution in [0, 0.1) is 11.3 Å². The molecule has 0 heterocycles. The van der Waals surface area contributed by atoms with Crippen LogP contribution >= 0.6 is 0 Å². The van der Waals surface area contributed by atoms with Gasteiger partial charge in [0.1, 0.15) is 0 Å². The average molecular weight is 177 g/mol. The van der Waals surface area contributed by atoms with Crippen LogP contribution in [0.1, 0.15) is 0 Å². The van der Waals surface area contributed by atoms with E-state index in [2.05, 4.69) is 13.2 Å². The van der Waals surface area contributed by atoms with E-state index in [0.29, 0.717) is 0 Å². The monoisotopic (exact) mass is 177 g/mol. The second kappa shape index (κ2) is 12.6. The molecule has 0 aliphatic heterocycles. The lowest BCUT2D eigenvalue weighted by Crippen LogP contribution is -1.83. The molecule has 68 valence electrons. The van der Waals surface area contributed by atoms with Gasteiger partial charge in [-0.2, -0.15) is 5.26 Å². The van der Waals surface area contributed by atoms with E-state index in [1.807, 2.05) is 0 Å². The molecule has 0 atom stereocenters. The van der Waals surface area contributed by atoms with Gasteiger partial charge >= 0.3 is 5.97 Å². The average Bonchev–Trinajstić information content (AvgIpc) is 2.13. The van der Waals surface area contributed by atoms with E-state index in [0.717, 1.165) is 6.08 Å². The minimum absolute atomic E-state index is 0.941. The first-order valence-corrected chi connectivity index (χ1v) is 3.38. The number of hydrogen-bond acceptors (Lipinski definition) is 2. The quantitative estimate of drug-likeness (QED) is 0.407. The second-order valence-corrected chi connectivity index (χ2v) is 1.65. The van der Waals surface area contributed by atoms with E-state index >= 15 is 0 Å². The van der Waals surface area contributed by atoms with E-state index in [1.54, 1.807) is 24.3 Å². The summed E-state index contributed by atoms with van der Waals surface area (Å²) in [6.45, 7) is 6.53. The van der Waals surface area contributed by atoms with Crippen molar-refractivity contribution in [1.29, 1.82) is 5.26 Å². The molecule has 0 aromatic heterocycles. The Morgan fingerprint density at radius 2 is 1.85 bits per heavy atom. The number of rotatable bonds is 3. The van der Waals surface area contributed by atoms with Crippen molar-refractivity contribution >= 4 is 5.97 Å². The van der Waals surface area contributed by atoms with Gasteiger partial charge in [-0.3, -0.25) is 0 Å². The topological polar surface area (TPSA) is 61.1 Å². The highest BCUT2D eigenvalue weighted by molar-refractivity contribution is 5.80. The third-order valence-electron chi connectivity index (χ3n) is 0.688. The normalized spacial score (nSPS) is 8.54. The minimum Gasteiger partial charge on any atom is -0.478 e. The van der Waals surface area contributed by atoms with Crippen LogP contribution in [0.3, 0.4) is 0 Å². The Morgan fingerprint density at radius 3 is 2.15 bits per heavy atom. The molecule has 0 saturated heterocycles. The standard InChI is InChI=1S/C7H8O2.C3H3N/c1-2-3-4-5-6-7(8)9;1-2-3-4/h2-6H,1H2,(H,8,9);2H,1H2. The summed E-state index contributed by atoms with van der Waals surface area (Å²) in [4.78, 5) is 9.82. The lowest BCUT2D eigenvalue weighted by Gasteiger charge is -1.72. The van der Waals surface area contributed by atoms with Gasteiger partial charge in [-0.05, 0) is 0 Å². The fourth-order valence-electron chi connectivity index (χ4n) is 0.281. The smallest absolute Gasteiger partial charge is 0.328 e. The summed E-state index contributed by atoms with van der Waals surface area (Å²) >= 11 is 0. The number of carbonyl (C=O) groups is 1. The predicted molar refractivity (Wildman–Crippen MR) is 51.9 cm³/mol. The number of nitrogens with zero attached hydrogens (tertiary/aromatic N) is 1. The van der Waals surface area contributed by atoms with Crippen LogP contribution in [-0.4, -0.2) is 11.1 Å². The molecule has 0 aromatic rings. The van der Waals surface area contributed by atoms with Gasteiger partial charge in [-0.25, -0.2) is 4.79 Å². The van der Waals surface area contributed by atoms with Gasteiger partial charge in [0.05, 0.1) is 6.07 Å². The summed E-state index contributed by atoms with van der Waals surface area (Å²) in [5, 5.41) is 15.6. The molecule has 13 heavy (non-hydrogen) atoms. The van der Waals surface area contributed by atoms with Crippen LogP contribution in [0.4, 0.5) is 0 Å². The molecule has 0 aliphatic rings. The van der Waals surface area contributed by atoms with Crippen molar-refractivity contribution < 1.29 is 9.90 Å². The van der Waals surface area contributed by atoms with Gasteiger partial charge in [-0.15, -0.1) is 0 Å². The van der Waals surface area contributed by atoms with Crippen molar-refractivity contribution in [2.24, 2.45) is 0 Å². The summed E-state index contributed by atoms with van der Waals surface area (Å²) in [6, 6.07) is 1.69. The van der Waals surface area contributed by atoms with Crippen LogP contribution in [0.15, 0.2) is 49.6 Å². The van der Waals surface area contributed by atoms with Crippen LogP contribution in [0.25, 0.3) is 0 Å². The molecule has 0 unspecified atom stereocenters. The van der Waals surface area contributed by atoms with Crippen molar-refractivity contribution in [3.05, 3.63) is 49.6 Å². The van der Waals surface area contributed by atoms with Crippen molar-refractivity contribution in [2.45, 2.75) is 0 Å². The highest BCUT2D eigenvalue weighted by atomic mass is 16.4. The molecular weight excluding hydrogens is 166 g/mol. The fourth-order valence-corrected chi connectivity index (χ4v) is 0.281. The SMILES string of the molecule is C=CC#N.C=CC=CC=CC(=O)O. The van der Waals surface area contributed by atoms with Crippen LogP contribution in [0.5, 0.6) is 0 Å². The number of carboxylic acid groups (broad SMARTS) is 1. The van der Waals surface area contributed by atoms with Crippen molar-refractivity contribution in [2.75, 3.05) is 0 Å². The number of allylic oxidation sites excluding steroid dienone is 5. The summed E-state index contributed by atoms with van der Waals surface area (Å²) in [6.07, 6.45) is 8.50. The number of nitriles is 1. The fraction of sp³-hybridized carbons (Fsp3) is 0. The third kappa shape index (κ3) is 25.7. The molecule has 0 fully saturated rings. The van der Waals surface area contributed by atoms with E-state index in [4.69, 9.17) is 10.4 Å². The van der Waals surface area contributed by atoms with Gasteiger partial charge in [0.25, 0.3) is 0 Å². The summed E-state index contributed by atoms with van der Waals surface area (Å²) in [5.41, 5.74) is 0. The van der Waals surface area contributed by atoms with Crippen LogP contribution in [0.2, 0.25) is 0 Å². The first-order chi connectivity index (χ1) is 6.18. The van der Waals surface area contributed by atoms with Gasteiger partial charge < -0.3 is 5.11 Å². The van der Waals surface area contributed by atoms with Crippen LogP contribution < -0.4 is 0 Å². The van der Waals surface area contributed by atoms with E-state index in [1.165, 1.54) is 12.2 Å². The first kappa shape index (κ1) is 13.5. The Morgan fingerprint density at radius 1 is 1.31 bits per heavy atom. The van der Waals surface area contributed by atoms with Crippen molar-refractivity contribution in [3.8, 4) is 6.07 Å². The zero-order valence-electron chi connectivity index (χ0n) is 7.18. The van der Waals surface area contributed by atoms with Crippen molar-refractivity contribution in [3.63, 3.8) is 0 Å². The van der Waals surface area contributed by atoms with Gasteiger partial charge in [0.15, 0.2) is 0 Å². The molecule has 0 rings (SSSR count). The second-order valence-electron chi connectivity index (χ2n) is 1.65. The van der Waals surface area contributed by atoms with Gasteiger partial charge in [0, 0.05) is 12.2 Å². The summed E-state index contributed by atoms with van der Waals surface area (Å²) in [7, 11) is 0. The zero-order valence-corrected chi connectivity index (χ0v) is 7.18. The number of hydrogen-bond donors (Lipinski definition) is 1. The maximum atomic E-state index is 9.82. The van der Waals surface area contributed by atoms with E-state index in [-0.39, 0.29) is 0 Å². The third-order valence-corrected chi connectivity index (χ3v) is 0.688. The molecule has 0 spiro atoms. The highest BCUT2D eigenvalue weighted by Gasteiger charge is 1.78. The Labute approximate surface area is 77.6 Å². The highest BCUT2D eigenvalue weighted by Crippen LogP contribution is 1.76. The van der Waals surface area contributed by atoms with Gasteiger partial charge in [0.2, 0.25) is 0 Å².